The summed E-state index contributed by atoms with van der Waals surface area (Å²) in [5.41, 5.74) is 4.09. The molecule has 0 aliphatic carbocycles. The van der Waals surface area contributed by atoms with Gasteiger partial charge >= 0.3 is 0 Å². The Hall–Kier alpha value is -1.15. The summed E-state index contributed by atoms with van der Waals surface area (Å²) >= 11 is 0. The first-order chi connectivity index (χ1) is 8.10. The SMILES string of the molecule is C=[N+](/C=C\C)C(C/C(C)=C/C)=C(CC)CNC. The minimum absolute atomic E-state index is 0.923. The van der Waals surface area contributed by atoms with Crippen LogP contribution in [-0.4, -0.2) is 24.9 Å². The van der Waals surface area contributed by atoms with E-state index in [1.54, 1.807) is 0 Å². The van der Waals surface area contributed by atoms with Gasteiger partial charge in [-0.2, -0.15) is 4.58 Å². The second-order valence-corrected chi connectivity index (χ2v) is 4.20. The van der Waals surface area contributed by atoms with E-state index in [4.69, 9.17) is 0 Å². The fourth-order valence-electron chi connectivity index (χ4n) is 1.71. The number of hydrogen-bond acceptors (Lipinski definition) is 1. The second-order valence-electron chi connectivity index (χ2n) is 4.20. The number of hydrogen-bond donors (Lipinski definition) is 1. The topological polar surface area (TPSA) is 15.0 Å². The van der Waals surface area contributed by atoms with Crippen molar-refractivity contribution in [2.24, 2.45) is 0 Å². The van der Waals surface area contributed by atoms with Crippen LogP contribution in [0.25, 0.3) is 0 Å². The summed E-state index contributed by atoms with van der Waals surface area (Å²) in [7, 11) is 1.99. The van der Waals surface area contributed by atoms with Crippen molar-refractivity contribution in [1.82, 2.24) is 5.32 Å². The highest BCUT2D eigenvalue weighted by atomic mass is 15.0. The molecular formula is C15H27N2+. The van der Waals surface area contributed by atoms with Crippen molar-refractivity contribution in [3.63, 3.8) is 0 Å². The molecule has 2 nitrogen and oxygen atoms in total. The Morgan fingerprint density at radius 3 is 2.41 bits per heavy atom. The predicted molar refractivity (Wildman–Crippen MR) is 77.5 cm³/mol. The summed E-state index contributed by atoms with van der Waals surface area (Å²) in [4.78, 5) is 0. The third-order valence-electron chi connectivity index (χ3n) is 2.84. The zero-order valence-electron chi connectivity index (χ0n) is 12.0. The van der Waals surface area contributed by atoms with Gasteiger partial charge in [0.05, 0.1) is 6.42 Å². The average molecular weight is 235 g/mol. The van der Waals surface area contributed by atoms with Crippen molar-refractivity contribution >= 4 is 6.72 Å². The highest BCUT2D eigenvalue weighted by molar-refractivity contribution is 5.23. The highest BCUT2D eigenvalue weighted by Crippen LogP contribution is 2.18. The molecule has 0 aromatic heterocycles. The fraction of sp³-hybridized carbons (Fsp3) is 0.533. The van der Waals surface area contributed by atoms with E-state index >= 15 is 0 Å². The van der Waals surface area contributed by atoms with Gasteiger partial charge in [-0.15, -0.1) is 0 Å². The normalized spacial score (nSPS) is 14.1. The molecule has 0 aromatic carbocycles. The van der Waals surface area contributed by atoms with Crippen molar-refractivity contribution < 1.29 is 4.58 Å². The third kappa shape index (κ3) is 5.64. The van der Waals surface area contributed by atoms with Crippen LogP contribution in [0.3, 0.4) is 0 Å². The molecule has 1 N–H and O–H groups in total. The molecule has 0 spiro atoms. The maximum atomic E-state index is 4.10. The standard InChI is InChI=1S/C15H27N2/c1-7-10-17(6)15(11-13(4)8-2)14(9-3)12-16-5/h7-8,10,16H,6,9,11-12H2,1-5H3/q+1/b10-7-,13-8+,15-14?. The van der Waals surface area contributed by atoms with E-state index < -0.39 is 0 Å². The van der Waals surface area contributed by atoms with Gasteiger partial charge in [0.2, 0.25) is 0 Å². The monoisotopic (exact) mass is 235 g/mol. The van der Waals surface area contributed by atoms with E-state index in [9.17, 15) is 0 Å². The number of nitrogens with one attached hydrogen (secondary N) is 1. The molecule has 0 unspecified atom stereocenters. The summed E-state index contributed by atoms with van der Waals surface area (Å²) < 4.78 is 1.99. The first-order valence-corrected chi connectivity index (χ1v) is 6.30. The number of nitrogens with zero attached hydrogens (tertiary/aromatic N) is 1. The molecule has 2 heteroatoms. The van der Waals surface area contributed by atoms with Gasteiger partial charge in [0, 0.05) is 12.1 Å². The van der Waals surface area contributed by atoms with Crippen LogP contribution < -0.4 is 5.32 Å². The van der Waals surface area contributed by atoms with E-state index in [1.165, 1.54) is 16.8 Å². The Kier molecular flexibility index (Phi) is 8.34. The molecule has 0 aromatic rings. The Morgan fingerprint density at radius 1 is 1.35 bits per heavy atom. The van der Waals surface area contributed by atoms with Crippen molar-refractivity contribution in [1.29, 1.82) is 0 Å². The number of rotatable bonds is 7. The van der Waals surface area contributed by atoms with Crippen LogP contribution in [0.4, 0.5) is 0 Å². The van der Waals surface area contributed by atoms with Gasteiger partial charge in [0.1, 0.15) is 6.72 Å². The molecule has 0 heterocycles. The minimum atomic E-state index is 0.923. The maximum absolute atomic E-state index is 4.10. The molecule has 0 aliphatic rings. The highest BCUT2D eigenvalue weighted by Gasteiger charge is 2.14. The summed E-state index contributed by atoms with van der Waals surface area (Å²) in [5, 5.41) is 3.23. The fourth-order valence-corrected chi connectivity index (χ4v) is 1.71. The zero-order valence-corrected chi connectivity index (χ0v) is 12.0. The molecule has 17 heavy (non-hydrogen) atoms. The third-order valence-corrected chi connectivity index (χ3v) is 2.84. The summed E-state index contributed by atoms with van der Waals surface area (Å²) in [6, 6.07) is 0. The van der Waals surface area contributed by atoms with Crippen LogP contribution in [0.2, 0.25) is 0 Å². The van der Waals surface area contributed by atoms with Crippen LogP contribution in [-0.2, 0) is 0 Å². The van der Waals surface area contributed by atoms with Crippen LogP contribution in [0.5, 0.6) is 0 Å². The number of likely N-dealkylation sites (N-methyl/N-ethyl adjacent to an activating group) is 1. The number of allylic oxidation sites excluding steroid dienone is 3. The van der Waals surface area contributed by atoms with Crippen LogP contribution in [0, 0.1) is 0 Å². The lowest BCUT2D eigenvalue weighted by Gasteiger charge is -2.09. The summed E-state index contributed by atoms with van der Waals surface area (Å²) in [6.07, 6.45) is 8.22. The second kappa shape index (κ2) is 8.94. The first-order valence-electron chi connectivity index (χ1n) is 6.30. The molecule has 0 amide bonds. The molecular weight excluding hydrogens is 208 g/mol. The van der Waals surface area contributed by atoms with E-state index in [0.717, 1.165) is 19.4 Å². The molecule has 96 valence electrons. The van der Waals surface area contributed by atoms with E-state index in [1.807, 2.05) is 30.8 Å². The van der Waals surface area contributed by atoms with E-state index in [2.05, 4.69) is 38.9 Å². The maximum Gasteiger partial charge on any atom is 0.190 e. The quantitative estimate of drug-likeness (QED) is 0.405. The Labute approximate surface area is 106 Å². The summed E-state index contributed by atoms with van der Waals surface area (Å²) in [6.45, 7) is 13.5. The van der Waals surface area contributed by atoms with Crippen LogP contribution in [0.15, 0.2) is 35.2 Å². The largest absolute Gasteiger partial charge is 0.316 e. The predicted octanol–water partition coefficient (Wildman–Crippen LogP) is 3.47. The lowest BCUT2D eigenvalue weighted by molar-refractivity contribution is -0.394. The average Bonchev–Trinajstić information content (AvgIpc) is 2.33. The lowest BCUT2D eigenvalue weighted by atomic mass is 10.0. The van der Waals surface area contributed by atoms with Gasteiger partial charge in [-0.05, 0) is 40.3 Å². The smallest absolute Gasteiger partial charge is 0.190 e. The van der Waals surface area contributed by atoms with E-state index in [0.29, 0.717) is 0 Å². The Morgan fingerprint density at radius 2 is 2.00 bits per heavy atom. The Balaban J connectivity index is 5.26. The molecule has 0 radical (unpaired) electrons. The molecule has 0 bridgehead atoms. The zero-order chi connectivity index (χ0) is 13.3. The Bertz CT molecular complexity index is 333. The van der Waals surface area contributed by atoms with Gasteiger partial charge in [0.25, 0.3) is 0 Å². The van der Waals surface area contributed by atoms with Crippen molar-refractivity contribution in [2.45, 2.75) is 40.5 Å². The molecule has 0 rings (SSSR count). The molecule has 0 atom stereocenters. The van der Waals surface area contributed by atoms with Crippen molar-refractivity contribution in [2.75, 3.05) is 13.6 Å². The van der Waals surface area contributed by atoms with Crippen molar-refractivity contribution in [3.8, 4) is 0 Å². The lowest BCUT2D eigenvalue weighted by Crippen LogP contribution is -2.16. The van der Waals surface area contributed by atoms with Gasteiger partial charge in [0.15, 0.2) is 11.9 Å². The van der Waals surface area contributed by atoms with E-state index in [-0.39, 0.29) is 0 Å². The molecule has 0 aliphatic heterocycles. The van der Waals surface area contributed by atoms with Crippen molar-refractivity contribution in [3.05, 3.63) is 35.2 Å². The van der Waals surface area contributed by atoms with Gasteiger partial charge < -0.3 is 5.32 Å². The van der Waals surface area contributed by atoms with Crippen LogP contribution >= 0.6 is 0 Å². The minimum Gasteiger partial charge on any atom is -0.316 e. The van der Waals surface area contributed by atoms with Gasteiger partial charge in [-0.1, -0.05) is 18.6 Å². The molecule has 0 fully saturated rings. The van der Waals surface area contributed by atoms with Gasteiger partial charge in [-0.25, -0.2) is 0 Å². The van der Waals surface area contributed by atoms with Gasteiger partial charge in [-0.3, -0.25) is 0 Å². The first kappa shape index (κ1) is 15.9. The summed E-state index contributed by atoms with van der Waals surface area (Å²) in [5.74, 6) is 0. The molecule has 0 saturated heterocycles. The van der Waals surface area contributed by atoms with Crippen LogP contribution in [0.1, 0.15) is 40.5 Å². The molecule has 0 saturated carbocycles.